The molecule has 7 nitrogen and oxygen atoms in total. The molecule has 1 N–H and O–H groups in total. The average molecular weight is 480 g/mol. The van der Waals surface area contributed by atoms with E-state index in [-0.39, 0.29) is 37.6 Å². The van der Waals surface area contributed by atoms with Crippen molar-refractivity contribution < 1.29 is 26.8 Å². The first-order valence-electron chi connectivity index (χ1n) is 10.6. The molecule has 2 aromatic carbocycles. The zero-order chi connectivity index (χ0) is 24.3. The van der Waals surface area contributed by atoms with Crippen LogP contribution in [0.3, 0.4) is 0 Å². The molecule has 1 saturated heterocycles. The van der Waals surface area contributed by atoms with Crippen LogP contribution >= 0.6 is 0 Å². The number of amides is 2. The zero-order valence-corrected chi connectivity index (χ0v) is 19.5. The Morgan fingerprint density at radius 1 is 0.939 bits per heavy atom. The summed E-state index contributed by atoms with van der Waals surface area (Å²) in [5.41, 5.74) is 0.676. The lowest BCUT2D eigenvalue weighted by atomic mass is 10.0. The number of piperazine rings is 1. The number of hydrogen-bond acceptors (Lipinski definition) is 4. The molecule has 178 valence electrons. The fraction of sp³-hybridized carbons (Fsp3) is 0.391. The Morgan fingerprint density at radius 2 is 1.55 bits per heavy atom. The van der Waals surface area contributed by atoms with E-state index < -0.39 is 44.4 Å². The van der Waals surface area contributed by atoms with Gasteiger partial charge in [-0.3, -0.25) is 9.59 Å². The zero-order valence-electron chi connectivity index (χ0n) is 18.7. The first kappa shape index (κ1) is 24.8. The van der Waals surface area contributed by atoms with Crippen molar-refractivity contribution in [3.8, 4) is 0 Å². The number of nitrogens with one attached hydrogen (secondary N) is 1. The minimum absolute atomic E-state index is 0.198. The van der Waals surface area contributed by atoms with Crippen molar-refractivity contribution in [2.24, 2.45) is 5.92 Å². The molecule has 1 fully saturated rings. The third kappa shape index (κ3) is 5.56. The van der Waals surface area contributed by atoms with Gasteiger partial charge >= 0.3 is 0 Å². The summed E-state index contributed by atoms with van der Waals surface area (Å²) in [6.45, 7) is 5.85. The number of sulfonamides is 1. The van der Waals surface area contributed by atoms with Crippen molar-refractivity contribution in [3.05, 3.63) is 65.2 Å². The van der Waals surface area contributed by atoms with E-state index in [1.165, 1.54) is 34.1 Å². The van der Waals surface area contributed by atoms with Gasteiger partial charge in [-0.25, -0.2) is 17.2 Å². The van der Waals surface area contributed by atoms with Gasteiger partial charge in [-0.1, -0.05) is 32.0 Å². The van der Waals surface area contributed by atoms with Crippen molar-refractivity contribution in [1.82, 2.24) is 14.5 Å². The van der Waals surface area contributed by atoms with E-state index in [1.807, 2.05) is 0 Å². The lowest BCUT2D eigenvalue weighted by molar-refractivity contribution is -0.135. The second-order valence-corrected chi connectivity index (χ2v) is 10.0. The first-order chi connectivity index (χ1) is 15.5. The summed E-state index contributed by atoms with van der Waals surface area (Å²) in [6.07, 6.45) is 0. The number of benzene rings is 2. The van der Waals surface area contributed by atoms with Crippen LogP contribution in [0.15, 0.2) is 47.4 Å². The van der Waals surface area contributed by atoms with Crippen LogP contribution in [0, 0.1) is 24.5 Å². The van der Waals surface area contributed by atoms with E-state index in [0.717, 1.165) is 12.1 Å². The summed E-state index contributed by atoms with van der Waals surface area (Å²) in [5.74, 6) is -2.54. The minimum Gasteiger partial charge on any atom is -0.338 e. The highest BCUT2D eigenvalue weighted by Crippen LogP contribution is 2.18. The molecule has 0 aliphatic carbocycles. The fourth-order valence-electron chi connectivity index (χ4n) is 3.60. The lowest BCUT2D eigenvalue weighted by Gasteiger charge is -2.37. The SMILES string of the molecule is Cc1ccc(C(=O)N2CCN(C(=O)[C@@H](NS(=O)(=O)c3ccccc3F)C(C)C)CC2)cc1F. The van der Waals surface area contributed by atoms with Gasteiger partial charge in [0.15, 0.2) is 0 Å². The number of rotatable bonds is 6. The first-order valence-corrected chi connectivity index (χ1v) is 12.1. The van der Waals surface area contributed by atoms with Gasteiger partial charge in [0.1, 0.15) is 22.6 Å². The standard InChI is InChI=1S/C23H27F2N3O4S/c1-15(2)21(26-33(31,32)20-7-5-4-6-18(20)24)23(30)28-12-10-27(11-13-28)22(29)17-9-8-16(3)19(25)14-17/h4-9,14-15,21,26H,10-13H2,1-3H3/t21-/m0/s1. The van der Waals surface area contributed by atoms with E-state index >= 15 is 0 Å². The van der Waals surface area contributed by atoms with Crippen LogP contribution in [-0.2, 0) is 14.8 Å². The molecule has 1 aliphatic rings. The van der Waals surface area contributed by atoms with Crippen LogP contribution in [0.25, 0.3) is 0 Å². The molecule has 2 aromatic rings. The Kier molecular flexibility index (Phi) is 7.48. The molecule has 1 heterocycles. The van der Waals surface area contributed by atoms with Gasteiger partial charge in [-0.2, -0.15) is 4.72 Å². The van der Waals surface area contributed by atoms with E-state index in [9.17, 15) is 26.8 Å². The van der Waals surface area contributed by atoms with Gasteiger partial charge in [0.05, 0.1) is 0 Å². The maximum absolute atomic E-state index is 14.0. The second kappa shape index (κ2) is 9.96. The van der Waals surface area contributed by atoms with Crippen LogP contribution < -0.4 is 4.72 Å². The highest BCUT2D eigenvalue weighted by atomic mass is 32.2. The lowest BCUT2D eigenvalue weighted by Crippen LogP contribution is -2.57. The van der Waals surface area contributed by atoms with Gasteiger partial charge < -0.3 is 9.80 Å². The van der Waals surface area contributed by atoms with Crippen molar-refractivity contribution in [2.45, 2.75) is 31.7 Å². The average Bonchev–Trinajstić information content (AvgIpc) is 2.78. The van der Waals surface area contributed by atoms with E-state index in [0.29, 0.717) is 5.56 Å². The molecule has 10 heteroatoms. The molecule has 3 rings (SSSR count). The Bertz CT molecular complexity index is 1150. The number of aryl methyl sites for hydroxylation is 1. The van der Waals surface area contributed by atoms with Gasteiger partial charge in [0.2, 0.25) is 15.9 Å². The number of halogens is 2. The highest BCUT2D eigenvalue weighted by molar-refractivity contribution is 7.89. The predicted octanol–water partition coefficient (Wildman–Crippen LogP) is 2.56. The van der Waals surface area contributed by atoms with Crippen LogP contribution in [0.5, 0.6) is 0 Å². The summed E-state index contributed by atoms with van der Waals surface area (Å²) in [5, 5.41) is 0. The molecular formula is C23H27F2N3O4S. The maximum Gasteiger partial charge on any atom is 0.254 e. The van der Waals surface area contributed by atoms with Crippen LogP contribution in [-0.4, -0.2) is 62.3 Å². The number of carbonyl (C=O) groups is 2. The Balaban J connectivity index is 1.68. The highest BCUT2D eigenvalue weighted by Gasteiger charge is 2.34. The maximum atomic E-state index is 14.0. The van der Waals surface area contributed by atoms with Crippen LogP contribution in [0.1, 0.15) is 29.8 Å². The number of hydrogen-bond donors (Lipinski definition) is 1. The van der Waals surface area contributed by atoms with Crippen molar-refractivity contribution in [2.75, 3.05) is 26.2 Å². The monoisotopic (exact) mass is 479 g/mol. The largest absolute Gasteiger partial charge is 0.338 e. The second-order valence-electron chi connectivity index (χ2n) is 8.35. The molecule has 1 aliphatic heterocycles. The summed E-state index contributed by atoms with van der Waals surface area (Å²) >= 11 is 0. The Labute approximate surface area is 192 Å². The molecule has 33 heavy (non-hydrogen) atoms. The summed E-state index contributed by atoms with van der Waals surface area (Å²) in [6, 6.07) is 8.16. The van der Waals surface area contributed by atoms with Crippen molar-refractivity contribution >= 4 is 21.8 Å². The molecule has 0 unspecified atom stereocenters. The molecule has 0 spiro atoms. The molecule has 1 atom stereocenters. The number of nitrogens with zero attached hydrogens (tertiary/aromatic N) is 2. The third-order valence-electron chi connectivity index (χ3n) is 5.64. The molecule has 0 saturated carbocycles. The predicted molar refractivity (Wildman–Crippen MR) is 119 cm³/mol. The van der Waals surface area contributed by atoms with Crippen LogP contribution in [0.2, 0.25) is 0 Å². The summed E-state index contributed by atoms with van der Waals surface area (Å²) < 4.78 is 55.6. The molecule has 0 bridgehead atoms. The van der Waals surface area contributed by atoms with Gasteiger partial charge in [-0.15, -0.1) is 0 Å². The van der Waals surface area contributed by atoms with Gasteiger partial charge in [0, 0.05) is 31.7 Å². The summed E-state index contributed by atoms with van der Waals surface area (Å²) in [7, 11) is -4.26. The topological polar surface area (TPSA) is 86.8 Å². The van der Waals surface area contributed by atoms with E-state index in [1.54, 1.807) is 26.8 Å². The Hall–Kier alpha value is -2.85. The van der Waals surface area contributed by atoms with Gasteiger partial charge in [0.25, 0.3) is 5.91 Å². The fourth-order valence-corrected chi connectivity index (χ4v) is 5.02. The molecule has 2 amide bonds. The minimum atomic E-state index is -4.26. The summed E-state index contributed by atoms with van der Waals surface area (Å²) in [4.78, 5) is 28.3. The molecule has 0 radical (unpaired) electrons. The van der Waals surface area contributed by atoms with Crippen molar-refractivity contribution in [3.63, 3.8) is 0 Å². The molecular weight excluding hydrogens is 452 g/mol. The van der Waals surface area contributed by atoms with E-state index in [4.69, 9.17) is 0 Å². The van der Waals surface area contributed by atoms with E-state index in [2.05, 4.69) is 4.72 Å². The Morgan fingerprint density at radius 3 is 2.12 bits per heavy atom. The quantitative estimate of drug-likeness (QED) is 0.690. The smallest absolute Gasteiger partial charge is 0.254 e. The van der Waals surface area contributed by atoms with Crippen LogP contribution in [0.4, 0.5) is 8.78 Å². The number of carbonyl (C=O) groups excluding carboxylic acids is 2. The van der Waals surface area contributed by atoms with Crippen molar-refractivity contribution in [1.29, 1.82) is 0 Å². The van der Waals surface area contributed by atoms with Gasteiger partial charge in [-0.05, 0) is 42.7 Å². The normalized spacial score (nSPS) is 15.6. The third-order valence-corrected chi connectivity index (χ3v) is 7.11. The molecule has 0 aromatic heterocycles.